The van der Waals surface area contributed by atoms with Crippen LogP contribution >= 0.6 is 11.6 Å². The number of carbonyl (C=O) groups is 4. The molecule has 0 spiro atoms. The van der Waals surface area contributed by atoms with Crippen LogP contribution in [-0.2, 0) is 34.1 Å². The van der Waals surface area contributed by atoms with Crippen molar-refractivity contribution in [3.8, 4) is 0 Å². The van der Waals surface area contributed by atoms with E-state index in [1.807, 2.05) is 0 Å². The summed E-state index contributed by atoms with van der Waals surface area (Å²) in [5.74, 6) is -2.12. The third-order valence-electron chi connectivity index (χ3n) is 5.50. The van der Waals surface area contributed by atoms with Crippen molar-refractivity contribution >= 4 is 35.4 Å². The number of benzene rings is 1. The molecule has 0 saturated heterocycles. The highest BCUT2D eigenvalue weighted by Crippen LogP contribution is 2.42. The number of hydrogen-bond acceptors (Lipinski definition) is 7. The van der Waals surface area contributed by atoms with Gasteiger partial charge in [-0.15, -0.1) is 0 Å². The van der Waals surface area contributed by atoms with Crippen molar-refractivity contribution < 1.29 is 33.4 Å². The molecule has 1 aliphatic rings. The van der Waals surface area contributed by atoms with E-state index in [-0.39, 0.29) is 12.2 Å². The lowest BCUT2D eigenvalue weighted by molar-refractivity contribution is -0.165. The minimum absolute atomic E-state index is 0.121. The molecular formula is C24H32ClNO7. The molecular weight excluding hydrogens is 450 g/mol. The van der Waals surface area contributed by atoms with Crippen molar-refractivity contribution in [2.24, 2.45) is 5.92 Å². The first-order chi connectivity index (χ1) is 15.4. The van der Waals surface area contributed by atoms with E-state index >= 15 is 0 Å². The SMILES string of the molecule is C[C@H](CC(=O)OC(C)(C)C)C(=O)OCOC(=O)N(C)[C@]1(c2ccccc2Cl)CCCCC1=O. The molecule has 1 saturated carbocycles. The number of nitrogens with zero attached hydrogens (tertiary/aromatic N) is 1. The van der Waals surface area contributed by atoms with Gasteiger partial charge < -0.3 is 14.2 Å². The molecule has 1 amide bonds. The van der Waals surface area contributed by atoms with Gasteiger partial charge in [0.2, 0.25) is 6.79 Å². The second kappa shape index (κ2) is 11.0. The van der Waals surface area contributed by atoms with E-state index in [9.17, 15) is 19.2 Å². The van der Waals surface area contributed by atoms with Gasteiger partial charge in [0.25, 0.3) is 0 Å². The Kier molecular flexibility index (Phi) is 8.89. The Hall–Kier alpha value is -2.61. The lowest BCUT2D eigenvalue weighted by Crippen LogP contribution is -2.54. The first kappa shape index (κ1) is 26.6. The molecule has 33 heavy (non-hydrogen) atoms. The maximum atomic E-state index is 13.1. The maximum Gasteiger partial charge on any atom is 0.413 e. The van der Waals surface area contributed by atoms with Crippen molar-refractivity contribution in [1.82, 2.24) is 4.90 Å². The van der Waals surface area contributed by atoms with Crippen LogP contribution in [-0.4, -0.2) is 48.2 Å². The monoisotopic (exact) mass is 481 g/mol. The van der Waals surface area contributed by atoms with E-state index < -0.39 is 41.9 Å². The van der Waals surface area contributed by atoms with Crippen LogP contribution in [0.2, 0.25) is 5.02 Å². The molecule has 2 rings (SSSR count). The average Bonchev–Trinajstić information content (AvgIpc) is 2.72. The third-order valence-corrected chi connectivity index (χ3v) is 5.83. The summed E-state index contributed by atoms with van der Waals surface area (Å²) in [6.45, 7) is 6.07. The molecule has 1 aliphatic carbocycles. The summed E-state index contributed by atoms with van der Waals surface area (Å²) in [5, 5.41) is 0.384. The largest absolute Gasteiger partial charge is 0.460 e. The van der Waals surface area contributed by atoms with E-state index in [0.717, 1.165) is 12.8 Å². The predicted molar refractivity (Wildman–Crippen MR) is 121 cm³/mol. The van der Waals surface area contributed by atoms with Gasteiger partial charge in [0.1, 0.15) is 11.1 Å². The molecule has 182 valence electrons. The molecule has 0 aliphatic heterocycles. The van der Waals surface area contributed by atoms with E-state index in [1.54, 1.807) is 45.0 Å². The van der Waals surface area contributed by atoms with E-state index in [1.165, 1.54) is 18.9 Å². The highest BCUT2D eigenvalue weighted by molar-refractivity contribution is 6.31. The molecule has 1 aromatic rings. The molecule has 2 atom stereocenters. The van der Waals surface area contributed by atoms with Crippen LogP contribution in [0.25, 0.3) is 0 Å². The van der Waals surface area contributed by atoms with Crippen molar-refractivity contribution in [1.29, 1.82) is 0 Å². The molecule has 8 nitrogen and oxygen atoms in total. The van der Waals surface area contributed by atoms with Crippen LogP contribution in [0.4, 0.5) is 4.79 Å². The van der Waals surface area contributed by atoms with Crippen molar-refractivity contribution in [2.75, 3.05) is 13.8 Å². The molecule has 0 bridgehead atoms. The van der Waals surface area contributed by atoms with Gasteiger partial charge in [-0.05, 0) is 46.1 Å². The number of rotatable bonds is 7. The summed E-state index contributed by atoms with van der Waals surface area (Å²) in [6.07, 6.45) is 1.23. The fraction of sp³-hybridized carbons (Fsp3) is 0.583. The van der Waals surface area contributed by atoms with Crippen LogP contribution in [0.5, 0.6) is 0 Å². The van der Waals surface area contributed by atoms with Gasteiger partial charge in [0, 0.05) is 24.1 Å². The van der Waals surface area contributed by atoms with E-state index in [2.05, 4.69) is 0 Å². The Morgan fingerprint density at radius 3 is 2.42 bits per heavy atom. The van der Waals surface area contributed by atoms with Gasteiger partial charge in [-0.3, -0.25) is 19.3 Å². The highest BCUT2D eigenvalue weighted by Gasteiger charge is 2.48. The first-order valence-corrected chi connectivity index (χ1v) is 11.3. The van der Waals surface area contributed by atoms with E-state index in [0.29, 0.717) is 23.4 Å². The second-order valence-corrected chi connectivity index (χ2v) is 9.62. The zero-order valence-corrected chi connectivity index (χ0v) is 20.6. The van der Waals surface area contributed by atoms with Crippen molar-refractivity contribution in [2.45, 2.75) is 70.9 Å². The molecule has 0 radical (unpaired) electrons. The summed E-state index contributed by atoms with van der Waals surface area (Å²) in [6, 6.07) is 6.92. The van der Waals surface area contributed by atoms with Crippen LogP contribution in [0.3, 0.4) is 0 Å². The Morgan fingerprint density at radius 1 is 1.15 bits per heavy atom. The van der Waals surface area contributed by atoms with Crippen LogP contribution < -0.4 is 0 Å². The smallest absolute Gasteiger partial charge is 0.413 e. The topological polar surface area (TPSA) is 99.2 Å². The van der Waals surface area contributed by atoms with Crippen LogP contribution in [0.1, 0.15) is 65.4 Å². The fourth-order valence-electron chi connectivity index (χ4n) is 3.88. The quantitative estimate of drug-likeness (QED) is 0.414. The molecule has 0 N–H and O–H groups in total. The number of likely N-dealkylation sites (N-methyl/N-ethyl adjacent to an activating group) is 1. The number of carbonyl (C=O) groups excluding carboxylic acids is 4. The number of Topliss-reactive ketones (excluding diaryl/α,β-unsaturated/α-hetero) is 1. The molecule has 9 heteroatoms. The minimum atomic E-state index is -1.25. The van der Waals surface area contributed by atoms with Crippen LogP contribution in [0, 0.1) is 5.92 Å². The zero-order valence-electron chi connectivity index (χ0n) is 19.8. The second-order valence-electron chi connectivity index (χ2n) is 9.21. The third kappa shape index (κ3) is 6.69. The van der Waals surface area contributed by atoms with E-state index in [4.69, 9.17) is 25.8 Å². The number of hydrogen-bond donors (Lipinski definition) is 0. The van der Waals surface area contributed by atoms with Gasteiger partial charge in [-0.2, -0.15) is 0 Å². The molecule has 1 aromatic carbocycles. The van der Waals surface area contributed by atoms with Gasteiger partial charge in [-0.1, -0.05) is 36.7 Å². The Bertz CT molecular complexity index is 895. The Balaban J connectivity index is 2.01. The fourth-order valence-corrected chi connectivity index (χ4v) is 4.17. The minimum Gasteiger partial charge on any atom is -0.460 e. The average molecular weight is 482 g/mol. The summed E-state index contributed by atoms with van der Waals surface area (Å²) < 4.78 is 15.3. The van der Waals surface area contributed by atoms with Crippen molar-refractivity contribution in [3.63, 3.8) is 0 Å². The molecule has 1 fully saturated rings. The lowest BCUT2D eigenvalue weighted by atomic mass is 9.74. The predicted octanol–water partition coefficient (Wildman–Crippen LogP) is 4.62. The number of halogens is 1. The molecule has 0 unspecified atom stereocenters. The summed E-state index contributed by atoms with van der Waals surface area (Å²) in [7, 11) is 1.47. The number of ketones is 1. The Labute approximate surface area is 199 Å². The molecule has 0 heterocycles. The maximum absolute atomic E-state index is 13.1. The van der Waals surface area contributed by atoms with Gasteiger partial charge in [0.05, 0.1) is 12.3 Å². The molecule has 0 aromatic heterocycles. The zero-order chi connectivity index (χ0) is 24.8. The summed E-state index contributed by atoms with van der Waals surface area (Å²) >= 11 is 6.39. The highest BCUT2D eigenvalue weighted by atomic mass is 35.5. The first-order valence-electron chi connectivity index (χ1n) is 11.0. The number of ether oxygens (including phenoxy) is 3. The summed E-state index contributed by atoms with van der Waals surface area (Å²) in [4.78, 5) is 51.1. The number of amides is 1. The van der Waals surface area contributed by atoms with Gasteiger partial charge in [-0.25, -0.2) is 4.79 Å². The van der Waals surface area contributed by atoms with Gasteiger partial charge >= 0.3 is 18.0 Å². The Morgan fingerprint density at radius 2 is 1.82 bits per heavy atom. The van der Waals surface area contributed by atoms with Crippen LogP contribution in [0.15, 0.2) is 24.3 Å². The lowest BCUT2D eigenvalue weighted by Gasteiger charge is -2.43. The van der Waals surface area contributed by atoms with Gasteiger partial charge in [0.15, 0.2) is 5.78 Å². The van der Waals surface area contributed by atoms with Crippen molar-refractivity contribution in [3.05, 3.63) is 34.9 Å². The standard InChI is InChI=1S/C24H32ClNO7/c1-16(14-20(28)33-23(2,3)4)21(29)31-15-32-22(30)26(5)24(13-9-8-12-19(24)27)17-10-6-7-11-18(17)25/h6-7,10-11,16H,8-9,12-15H2,1-5H3/t16-,24+/m1/s1. The summed E-state index contributed by atoms with van der Waals surface area (Å²) in [5.41, 5.74) is -1.37. The number of esters is 2. The normalized spacial score (nSPS) is 19.4.